The number of hydrogen-bond donors (Lipinski definition) is 2. The van der Waals surface area contributed by atoms with E-state index in [-0.39, 0.29) is 5.69 Å². The predicted molar refractivity (Wildman–Crippen MR) is 102 cm³/mol. The van der Waals surface area contributed by atoms with Gasteiger partial charge in [-0.15, -0.1) is 0 Å². The molecule has 0 spiro atoms. The molecule has 0 atom stereocenters. The van der Waals surface area contributed by atoms with Crippen molar-refractivity contribution in [1.82, 2.24) is 10.3 Å². The Bertz CT molecular complexity index is 805. The topological polar surface area (TPSA) is 74.3 Å². The molecule has 27 heavy (non-hydrogen) atoms. The van der Waals surface area contributed by atoms with Crippen LogP contribution in [0.3, 0.4) is 0 Å². The summed E-state index contributed by atoms with van der Waals surface area (Å²) in [4.78, 5) is 30.5. The number of carbonyl (C=O) groups excluding carboxylic acids is 2. The van der Waals surface area contributed by atoms with Crippen LogP contribution in [0.25, 0.3) is 0 Å². The van der Waals surface area contributed by atoms with Gasteiger partial charge in [-0.05, 0) is 55.5 Å². The van der Waals surface area contributed by atoms with Crippen LogP contribution in [0.2, 0.25) is 0 Å². The predicted octanol–water partition coefficient (Wildman–Crippen LogP) is 2.50. The Hall–Kier alpha value is -2.96. The van der Waals surface area contributed by atoms with Crippen LogP contribution in [0, 0.1) is 18.7 Å². The number of anilines is 2. The molecule has 1 saturated heterocycles. The van der Waals surface area contributed by atoms with Crippen LogP contribution in [0.15, 0.2) is 42.6 Å². The van der Waals surface area contributed by atoms with Crippen molar-refractivity contribution in [2.45, 2.75) is 19.8 Å². The molecule has 6 nitrogen and oxygen atoms in total. The minimum Gasteiger partial charge on any atom is -0.357 e. The van der Waals surface area contributed by atoms with Gasteiger partial charge in [0.15, 0.2) is 0 Å². The maximum absolute atomic E-state index is 13.5. The van der Waals surface area contributed by atoms with Crippen molar-refractivity contribution in [2.24, 2.45) is 5.92 Å². The minimum atomic E-state index is -0.788. The maximum Gasteiger partial charge on any atom is 0.313 e. The summed E-state index contributed by atoms with van der Waals surface area (Å²) >= 11 is 0. The van der Waals surface area contributed by atoms with Crippen molar-refractivity contribution in [1.29, 1.82) is 0 Å². The lowest BCUT2D eigenvalue weighted by Crippen LogP contribution is -2.42. The highest BCUT2D eigenvalue weighted by Gasteiger charge is 2.22. The first-order valence-corrected chi connectivity index (χ1v) is 9.04. The lowest BCUT2D eigenvalue weighted by Gasteiger charge is -2.32. The van der Waals surface area contributed by atoms with Gasteiger partial charge in [0, 0.05) is 31.5 Å². The second-order valence-corrected chi connectivity index (χ2v) is 6.75. The van der Waals surface area contributed by atoms with Crippen LogP contribution in [0.5, 0.6) is 0 Å². The van der Waals surface area contributed by atoms with Crippen LogP contribution in [0.4, 0.5) is 15.9 Å². The summed E-state index contributed by atoms with van der Waals surface area (Å²) in [6.45, 7) is 3.82. The van der Waals surface area contributed by atoms with E-state index in [1.165, 1.54) is 6.07 Å². The molecule has 1 aliphatic heterocycles. The Kier molecular flexibility index (Phi) is 6.01. The molecule has 0 saturated carbocycles. The van der Waals surface area contributed by atoms with Crippen LogP contribution in [-0.2, 0) is 9.59 Å². The van der Waals surface area contributed by atoms with E-state index in [0.717, 1.165) is 31.7 Å². The molecule has 2 N–H and O–H groups in total. The van der Waals surface area contributed by atoms with Crippen molar-refractivity contribution >= 4 is 23.3 Å². The van der Waals surface area contributed by atoms with Gasteiger partial charge in [-0.3, -0.25) is 9.59 Å². The van der Waals surface area contributed by atoms with Gasteiger partial charge in [-0.25, -0.2) is 9.37 Å². The Morgan fingerprint density at radius 3 is 2.63 bits per heavy atom. The minimum absolute atomic E-state index is 0.266. The highest BCUT2D eigenvalue weighted by Crippen LogP contribution is 2.21. The number of piperidine rings is 1. The van der Waals surface area contributed by atoms with E-state index in [9.17, 15) is 14.0 Å². The maximum atomic E-state index is 13.5. The average Bonchev–Trinajstić information content (AvgIpc) is 2.70. The Morgan fingerprint density at radius 2 is 1.96 bits per heavy atom. The van der Waals surface area contributed by atoms with E-state index < -0.39 is 17.6 Å². The number of nitrogens with one attached hydrogen (secondary N) is 2. The highest BCUT2D eigenvalue weighted by atomic mass is 19.1. The third kappa shape index (κ3) is 5.03. The Morgan fingerprint density at radius 1 is 1.19 bits per heavy atom. The first-order chi connectivity index (χ1) is 13.0. The summed E-state index contributed by atoms with van der Waals surface area (Å²) in [5, 5.41) is 5.09. The molecule has 0 radical (unpaired) electrons. The second kappa shape index (κ2) is 8.62. The first-order valence-electron chi connectivity index (χ1n) is 9.04. The Labute approximate surface area is 157 Å². The molecule has 1 aromatic heterocycles. The lowest BCUT2D eigenvalue weighted by atomic mass is 9.97. The summed E-state index contributed by atoms with van der Waals surface area (Å²) in [7, 11) is 0. The fraction of sp³-hybridized carbons (Fsp3) is 0.350. The average molecular weight is 370 g/mol. The number of amides is 2. The fourth-order valence-electron chi connectivity index (χ4n) is 3.08. The van der Waals surface area contributed by atoms with Crippen LogP contribution >= 0.6 is 0 Å². The number of halogens is 1. The summed E-state index contributed by atoms with van der Waals surface area (Å²) < 4.78 is 13.5. The monoisotopic (exact) mass is 370 g/mol. The molecule has 0 bridgehead atoms. The zero-order valence-electron chi connectivity index (χ0n) is 15.2. The molecular weight excluding hydrogens is 347 g/mol. The molecule has 2 heterocycles. The number of carbonyl (C=O) groups is 2. The smallest absolute Gasteiger partial charge is 0.313 e. The van der Waals surface area contributed by atoms with Crippen molar-refractivity contribution in [3.05, 3.63) is 54.0 Å². The van der Waals surface area contributed by atoms with Crippen molar-refractivity contribution in [3.63, 3.8) is 0 Å². The molecule has 0 unspecified atom stereocenters. The molecule has 2 aromatic rings. The quantitative estimate of drug-likeness (QED) is 0.811. The number of pyridine rings is 1. The van der Waals surface area contributed by atoms with Crippen LogP contribution in [-0.4, -0.2) is 36.4 Å². The lowest BCUT2D eigenvalue weighted by molar-refractivity contribution is -0.136. The molecule has 7 heteroatoms. The van der Waals surface area contributed by atoms with E-state index in [2.05, 4.69) is 20.5 Å². The Balaban J connectivity index is 1.42. The summed E-state index contributed by atoms with van der Waals surface area (Å²) in [5.41, 5.74) is 0.747. The normalized spacial score (nSPS) is 14.7. The number of nitrogens with zero attached hydrogens (tertiary/aromatic N) is 2. The van der Waals surface area contributed by atoms with E-state index in [1.54, 1.807) is 25.3 Å². The second-order valence-electron chi connectivity index (χ2n) is 6.75. The van der Waals surface area contributed by atoms with Crippen molar-refractivity contribution < 1.29 is 14.0 Å². The molecule has 142 valence electrons. The van der Waals surface area contributed by atoms with Gasteiger partial charge in [0.1, 0.15) is 11.6 Å². The molecule has 1 aliphatic rings. The zero-order chi connectivity index (χ0) is 19.2. The summed E-state index contributed by atoms with van der Waals surface area (Å²) in [6.07, 6.45) is 3.61. The highest BCUT2D eigenvalue weighted by molar-refractivity contribution is 6.39. The van der Waals surface area contributed by atoms with Gasteiger partial charge < -0.3 is 15.5 Å². The standard InChI is InChI=1S/C20H23FN4O2/c1-14-5-6-16(12-17(14)21)24-20(27)19(26)23-13-15-7-10-25(11-8-15)18-4-2-3-9-22-18/h2-6,9,12,15H,7-8,10-11,13H2,1H3,(H,23,26)(H,24,27). The SMILES string of the molecule is Cc1ccc(NC(=O)C(=O)NCC2CCN(c3ccccn3)CC2)cc1F. The van der Waals surface area contributed by atoms with Crippen LogP contribution < -0.4 is 15.5 Å². The van der Waals surface area contributed by atoms with Gasteiger partial charge in [0.2, 0.25) is 0 Å². The van der Waals surface area contributed by atoms with Gasteiger partial charge in [-0.2, -0.15) is 0 Å². The number of hydrogen-bond acceptors (Lipinski definition) is 4. The molecule has 2 amide bonds. The summed E-state index contributed by atoms with van der Waals surface area (Å²) in [6, 6.07) is 10.2. The van der Waals surface area contributed by atoms with Gasteiger partial charge in [0.05, 0.1) is 0 Å². The molecule has 1 aromatic carbocycles. The molecule has 0 aliphatic carbocycles. The molecular formula is C20H23FN4O2. The van der Waals surface area contributed by atoms with Gasteiger partial charge in [-0.1, -0.05) is 12.1 Å². The van der Waals surface area contributed by atoms with E-state index in [0.29, 0.717) is 18.0 Å². The molecule has 3 rings (SSSR count). The fourth-order valence-corrected chi connectivity index (χ4v) is 3.08. The van der Waals surface area contributed by atoms with Crippen molar-refractivity contribution in [2.75, 3.05) is 29.9 Å². The first kappa shape index (κ1) is 18.8. The van der Waals surface area contributed by atoms with Crippen molar-refractivity contribution in [3.8, 4) is 0 Å². The van der Waals surface area contributed by atoms with Crippen LogP contribution in [0.1, 0.15) is 18.4 Å². The van der Waals surface area contributed by atoms with E-state index in [4.69, 9.17) is 0 Å². The van der Waals surface area contributed by atoms with Gasteiger partial charge >= 0.3 is 11.8 Å². The third-order valence-electron chi connectivity index (χ3n) is 4.78. The third-order valence-corrected chi connectivity index (χ3v) is 4.78. The van der Waals surface area contributed by atoms with E-state index in [1.807, 2.05) is 18.2 Å². The zero-order valence-corrected chi connectivity index (χ0v) is 15.2. The largest absolute Gasteiger partial charge is 0.357 e. The van der Waals surface area contributed by atoms with Gasteiger partial charge in [0.25, 0.3) is 0 Å². The molecule has 1 fully saturated rings. The summed E-state index contributed by atoms with van der Waals surface area (Å²) in [5.74, 6) is -0.636. The van der Waals surface area contributed by atoms with E-state index >= 15 is 0 Å². The number of rotatable bonds is 4. The number of aryl methyl sites for hydroxylation is 1. The number of aromatic nitrogens is 1. The number of benzene rings is 1.